The summed E-state index contributed by atoms with van der Waals surface area (Å²) in [6.45, 7) is 4.87. The molecule has 0 aromatic carbocycles. The van der Waals surface area contributed by atoms with Crippen molar-refractivity contribution >= 4 is 23.7 Å². The number of methoxy groups -OCH3 is 1. The van der Waals surface area contributed by atoms with Crippen LogP contribution in [0.25, 0.3) is 0 Å². The van der Waals surface area contributed by atoms with Crippen LogP contribution in [-0.2, 0) is 19.1 Å². The van der Waals surface area contributed by atoms with Crippen molar-refractivity contribution in [1.29, 1.82) is 0 Å². The summed E-state index contributed by atoms with van der Waals surface area (Å²) < 4.78 is 9.54. The van der Waals surface area contributed by atoms with E-state index < -0.39 is 29.6 Å². The van der Waals surface area contributed by atoms with Crippen molar-refractivity contribution < 1.29 is 29.1 Å². The van der Waals surface area contributed by atoms with E-state index in [0.29, 0.717) is 4.90 Å². The van der Waals surface area contributed by atoms with Crippen molar-refractivity contribution in [2.45, 2.75) is 38.8 Å². The van der Waals surface area contributed by atoms with Gasteiger partial charge in [-0.05, 0) is 20.8 Å². The predicted molar refractivity (Wildman–Crippen MR) is 62.7 cm³/mol. The van der Waals surface area contributed by atoms with E-state index in [1.165, 1.54) is 0 Å². The van der Waals surface area contributed by atoms with E-state index in [0.717, 1.165) is 7.11 Å². The summed E-state index contributed by atoms with van der Waals surface area (Å²) in [5.74, 6) is -1.65. The summed E-state index contributed by atoms with van der Waals surface area (Å²) >= 11 is 0. The Morgan fingerprint density at radius 2 is 2.00 bits per heavy atom. The fraction of sp³-hybridized carbons (Fsp3) is 0.636. The number of carbonyl (C=O) groups is 3. The molecule has 1 N–H and O–H groups in total. The van der Waals surface area contributed by atoms with E-state index in [2.05, 4.69) is 9.89 Å². The normalized spacial score (nSPS) is 21.7. The molecule has 0 aromatic rings. The third kappa shape index (κ3) is 3.21. The van der Waals surface area contributed by atoms with Crippen LogP contribution in [0.4, 0.5) is 4.79 Å². The fourth-order valence-electron chi connectivity index (χ4n) is 1.57. The van der Waals surface area contributed by atoms with Crippen LogP contribution >= 0.6 is 0 Å². The Morgan fingerprint density at radius 3 is 2.42 bits per heavy atom. The van der Waals surface area contributed by atoms with Gasteiger partial charge in [-0.2, -0.15) is 0 Å². The monoisotopic (exact) mass is 272 g/mol. The van der Waals surface area contributed by atoms with Crippen molar-refractivity contribution in [3.05, 3.63) is 0 Å². The molecular formula is C11H16N2O6. The summed E-state index contributed by atoms with van der Waals surface area (Å²) in [7, 11) is 1.13. The molecule has 1 rings (SSSR count). The molecule has 0 aromatic heterocycles. The smallest absolute Gasteiger partial charge is 0.418 e. The molecule has 1 aliphatic heterocycles. The van der Waals surface area contributed by atoms with Gasteiger partial charge in [-0.15, -0.1) is 0 Å². The Balaban J connectivity index is 3.02. The van der Waals surface area contributed by atoms with E-state index in [9.17, 15) is 14.4 Å². The zero-order valence-electron chi connectivity index (χ0n) is 11.2. The predicted octanol–water partition coefficient (Wildman–Crippen LogP) is 0.526. The molecular weight excluding hydrogens is 256 g/mol. The molecule has 0 unspecified atom stereocenters. The molecule has 1 atom stereocenters. The molecule has 1 fully saturated rings. The maximum Gasteiger partial charge on any atom is 0.418 e. The lowest BCUT2D eigenvalue weighted by atomic mass is 10.2. The van der Waals surface area contributed by atoms with Gasteiger partial charge in [0.05, 0.1) is 7.11 Å². The van der Waals surface area contributed by atoms with Crippen molar-refractivity contribution in [3.63, 3.8) is 0 Å². The second-order valence-electron chi connectivity index (χ2n) is 4.95. The number of carbonyl (C=O) groups excluding carboxylic acids is 3. The van der Waals surface area contributed by atoms with E-state index in [4.69, 9.17) is 9.94 Å². The average Bonchev–Trinajstić information content (AvgIpc) is 2.63. The molecule has 1 aliphatic rings. The van der Waals surface area contributed by atoms with Gasteiger partial charge in [-0.1, -0.05) is 5.16 Å². The molecule has 1 saturated heterocycles. The van der Waals surface area contributed by atoms with Crippen LogP contribution in [-0.4, -0.2) is 52.5 Å². The minimum atomic E-state index is -1.17. The lowest BCUT2D eigenvalue weighted by molar-refractivity contribution is -0.148. The van der Waals surface area contributed by atoms with Crippen molar-refractivity contribution in [2.24, 2.45) is 5.16 Å². The Kier molecular flexibility index (Phi) is 4.13. The SMILES string of the molecule is COC(=O)[C@@H]1C/C(=N/O)C(=O)N1C(=O)OC(C)(C)C. The maximum absolute atomic E-state index is 11.9. The molecule has 0 saturated carbocycles. The first-order valence-corrected chi connectivity index (χ1v) is 5.56. The van der Waals surface area contributed by atoms with E-state index in [-0.39, 0.29) is 12.1 Å². The van der Waals surface area contributed by atoms with Gasteiger partial charge in [0.2, 0.25) is 0 Å². The highest BCUT2D eigenvalue weighted by Gasteiger charge is 2.47. The Labute approximate surface area is 109 Å². The Bertz CT molecular complexity index is 437. The van der Waals surface area contributed by atoms with Crippen LogP contribution < -0.4 is 0 Å². The molecule has 19 heavy (non-hydrogen) atoms. The highest BCUT2D eigenvalue weighted by atomic mass is 16.6. The van der Waals surface area contributed by atoms with Crippen LogP contribution in [0.15, 0.2) is 5.16 Å². The zero-order chi connectivity index (χ0) is 14.8. The summed E-state index contributed by atoms with van der Waals surface area (Å²) in [6, 6.07) is -1.17. The molecule has 0 aliphatic carbocycles. The Hall–Kier alpha value is -2.12. The van der Waals surface area contributed by atoms with Gasteiger partial charge in [-0.3, -0.25) is 4.79 Å². The molecule has 0 radical (unpaired) electrons. The van der Waals surface area contributed by atoms with Gasteiger partial charge in [0, 0.05) is 6.42 Å². The number of oxime groups is 1. The standard InChI is InChI=1S/C11H16N2O6/c1-11(2,3)19-10(16)13-7(9(15)18-4)5-6(12-17)8(13)14/h7,17H,5H2,1-4H3/b12-6-/t7-/m0/s1. The van der Waals surface area contributed by atoms with Gasteiger partial charge in [0.1, 0.15) is 17.4 Å². The average molecular weight is 272 g/mol. The lowest BCUT2D eigenvalue weighted by Crippen LogP contribution is -2.46. The number of nitrogens with zero attached hydrogens (tertiary/aromatic N) is 2. The Morgan fingerprint density at radius 1 is 1.42 bits per heavy atom. The second-order valence-corrected chi connectivity index (χ2v) is 4.95. The van der Waals surface area contributed by atoms with Gasteiger partial charge in [-0.25, -0.2) is 14.5 Å². The van der Waals surface area contributed by atoms with E-state index in [1.54, 1.807) is 20.8 Å². The van der Waals surface area contributed by atoms with Crippen molar-refractivity contribution in [1.82, 2.24) is 4.90 Å². The summed E-state index contributed by atoms with van der Waals surface area (Å²) in [5.41, 5.74) is -1.11. The van der Waals surface area contributed by atoms with Gasteiger partial charge >= 0.3 is 12.1 Å². The molecule has 2 amide bonds. The van der Waals surface area contributed by atoms with Gasteiger partial charge in [0.25, 0.3) is 5.91 Å². The number of hydrogen-bond donors (Lipinski definition) is 1. The van der Waals surface area contributed by atoms with E-state index in [1.807, 2.05) is 0 Å². The number of hydrogen-bond acceptors (Lipinski definition) is 7. The zero-order valence-corrected chi connectivity index (χ0v) is 11.2. The number of imide groups is 1. The molecule has 8 heteroatoms. The first-order chi connectivity index (χ1) is 8.71. The molecule has 8 nitrogen and oxygen atoms in total. The third-order valence-corrected chi connectivity index (χ3v) is 2.35. The van der Waals surface area contributed by atoms with Crippen molar-refractivity contribution in [2.75, 3.05) is 7.11 Å². The first kappa shape index (κ1) is 14.9. The number of likely N-dealkylation sites (tertiary alicyclic amines) is 1. The van der Waals surface area contributed by atoms with Gasteiger partial charge < -0.3 is 14.7 Å². The lowest BCUT2D eigenvalue weighted by Gasteiger charge is -2.25. The van der Waals surface area contributed by atoms with Crippen molar-refractivity contribution in [3.8, 4) is 0 Å². The number of amides is 2. The van der Waals surface area contributed by atoms with Crippen LogP contribution in [0, 0.1) is 0 Å². The summed E-state index contributed by atoms with van der Waals surface area (Å²) in [4.78, 5) is 35.9. The molecule has 106 valence electrons. The second kappa shape index (κ2) is 5.25. The minimum absolute atomic E-state index is 0.207. The topological polar surface area (TPSA) is 106 Å². The fourth-order valence-corrected chi connectivity index (χ4v) is 1.57. The summed E-state index contributed by atoms with van der Waals surface area (Å²) in [5, 5.41) is 11.5. The highest BCUT2D eigenvalue weighted by Crippen LogP contribution is 2.21. The highest BCUT2D eigenvalue weighted by molar-refractivity contribution is 6.44. The number of ether oxygens (including phenoxy) is 2. The first-order valence-electron chi connectivity index (χ1n) is 5.56. The van der Waals surface area contributed by atoms with Crippen LogP contribution in [0.3, 0.4) is 0 Å². The van der Waals surface area contributed by atoms with Crippen LogP contribution in [0.1, 0.15) is 27.2 Å². The minimum Gasteiger partial charge on any atom is -0.467 e. The third-order valence-electron chi connectivity index (χ3n) is 2.35. The largest absolute Gasteiger partial charge is 0.467 e. The number of esters is 1. The van der Waals surface area contributed by atoms with E-state index >= 15 is 0 Å². The summed E-state index contributed by atoms with van der Waals surface area (Å²) in [6.07, 6.45) is -1.19. The number of rotatable bonds is 1. The molecule has 0 bridgehead atoms. The van der Waals surface area contributed by atoms with Crippen LogP contribution in [0.2, 0.25) is 0 Å². The van der Waals surface area contributed by atoms with Crippen LogP contribution in [0.5, 0.6) is 0 Å². The molecule has 0 spiro atoms. The maximum atomic E-state index is 11.9. The quantitative estimate of drug-likeness (QED) is 0.424. The molecule has 1 heterocycles. The van der Waals surface area contributed by atoms with Gasteiger partial charge in [0.15, 0.2) is 0 Å².